The van der Waals surface area contributed by atoms with Crippen molar-refractivity contribution in [2.45, 2.75) is 46.0 Å². The maximum absolute atomic E-state index is 11.4. The SMILES string of the molecule is CCCCc1nc(CCC)c(C(=O)OC)o1. The minimum atomic E-state index is -0.432. The van der Waals surface area contributed by atoms with Crippen LogP contribution in [0.1, 0.15) is 55.2 Å². The first-order valence-electron chi connectivity index (χ1n) is 5.79. The molecule has 0 aliphatic rings. The van der Waals surface area contributed by atoms with Crippen LogP contribution in [-0.4, -0.2) is 18.1 Å². The Kier molecular flexibility index (Phi) is 5.02. The second-order valence-electron chi connectivity index (χ2n) is 3.73. The zero-order valence-electron chi connectivity index (χ0n) is 10.2. The van der Waals surface area contributed by atoms with Crippen LogP contribution in [0.25, 0.3) is 0 Å². The van der Waals surface area contributed by atoms with E-state index in [1.807, 2.05) is 6.92 Å². The van der Waals surface area contributed by atoms with Crippen LogP contribution in [0.2, 0.25) is 0 Å². The van der Waals surface area contributed by atoms with Gasteiger partial charge in [-0.25, -0.2) is 9.78 Å². The highest BCUT2D eigenvalue weighted by Gasteiger charge is 2.19. The van der Waals surface area contributed by atoms with E-state index >= 15 is 0 Å². The topological polar surface area (TPSA) is 52.3 Å². The average Bonchev–Trinajstić information content (AvgIpc) is 2.69. The number of aromatic nitrogens is 1. The van der Waals surface area contributed by atoms with Gasteiger partial charge >= 0.3 is 5.97 Å². The molecule has 4 nitrogen and oxygen atoms in total. The molecule has 0 amide bonds. The summed E-state index contributed by atoms with van der Waals surface area (Å²) in [6, 6.07) is 0. The molecule has 0 saturated heterocycles. The number of methoxy groups -OCH3 is 1. The van der Waals surface area contributed by atoms with Crippen molar-refractivity contribution >= 4 is 5.97 Å². The molecule has 0 bridgehead atoms. The lowest BCUT2D eigenvalue weighted by molar-refractivity contribution is 0.0561. The van der Waals surface area contributed by atoms with Crippen molar-refractivity contribution in [3.05, 3.63) is 17.3 Å². The summed E-state index contributed by atoms with van der Waals surface area (Å²) in [5.74, 6) is 0.486. The summed E-state index contributed by atoms with van der Waals surface area (Å²) in [7, 11) is 1.35. The van der Waals surface area contributed by atoms with E-state index in [9.17, 15) is 4.79 Å². The number of oxazole rings is 1. The number of ether oxygens (including phenoxy) is 1. The number of esters is 1. The Hall–Kier alpha value is -1.32. The van der Waals surface area contributed by atoms with Crippen molar-refractivity contribution in [1.82, 2.24) is 4.98 Å². The summed E-state index contributed by atoms with van der Waals surface area (Å²) >= 11 is 0. The Labute approximate surface area is 96.0 Å². The highest BCUT2D eigenvalue weighted by atomic mass is 16.5. The summed E-state index contributed by atoms with van der Waals surface area (Å²) in [5, 5.41) is 0. The molecule has 0 N–H and O–H groups in total. The van der Waals surface area contributed by atoms with Crippen LogP contribution in [0, 0.1) is 0 Å². The fourth-order valence-corrected chi connectivity index (χ4v) is 1.49. The largest absolute Gasteiger partial charge is 0.463 e. The van der Waals surface area contributed by atoms with E-state index in [-0.39, 0.29) is 5.76 Å². The maximum atomic E-state index is 11.4. The molecule has 0 fully saturated rings. The first-order valence-corrected chi connectivity index (χ1v) is 5.79. The molecule has 90 valence electrons. The lowest BCUT2D eigenvalue weighted by Gasteiger charge is -1.96. The molecule has 0 atom stereocenters. The van der Waals surface area contributed by atoms with Gasteiger partial charge in [0, 0.05) is 6.42 Å². The third-order valence-corrected chi connectivity index (χ3v) is 2.34. The standard InChI is InChI=1S/C12H19NO3/c1-4-6-8-10-13-9(7-5-2)11(16-10)12(14)15-3/h4-8H2,1-3H3. The number of unbranched alkanes of at least 4 members (excludes halogenated alkanes) is 1. The Morgan fingerprint density at radius 2 is 2.06 bits per heavy atom. The second-order valence-corrected chi connectivity index (χ2v) is 3.73. The number of carbonyl (C=O) groups is 1. The van der Waals surface area contributed by atoms with Gasteiger partial charge in [0.05, 0.1) is 12.8 Å². The Morgan fingerprint density at radius 3 is 2.62 bits per heavy atom. The normalized spacial score (nSPS) is 10.4. The number of aryl methyl sites for hydroxylation is 2. The summed E-state index contributed by atoms with van der Waals surface area (Å²) in [6.45, 7) is 4.15. The van der Waals surface area contributed by atoms with E-state index in [0.29, 0.717) is 5.89 Å². The number of nitrogens with zero attached hydrogens (tertiary/aromatic N) is 1. The molecular formula is C12H19NO3. The van der Waals surface area contributed by atoms with Gasteiger partial charge in [0.2, 0.25) is 5.76 Å². The molecule has 0 aliphatic heterocycles. The zero-order valence-corrected chi connectivity index (χ0v) is 10.2. The molecule has 0 saturated carbocycles. The van der Waals surface area contributed by atoms with Gasteiger partial charge in [0.1, 0.15) is 0 Å². The molecule has 0 radical (unpaired) electrons. The molecule has 4 heteroatoms. The highest BCUT2D eigenvalue weighted by Crippen LogP contribution is 2.16. The Morgan fingerprint density at radius 1 is 1.31 bits per heavy atom. The molecule has 1 aromatic rings. The van der Waals surface area contributed by atoms with Crippen molar-refractivity contribution in [3.63, 3.8) is 0 Å². The third-order valence-electron chi connectivity index (χ3n) is 2.34. The molecule has 0 aliphatic carbocycles. The molecule has 1 heterocycles. The summed E-state index contributed by atoms with van der Waals surface area (Å²) < 4.78 is 10.1. The van der Waals surface area contributed by atoms with Crippen LogP contribution in [0.3, 0.4) is 0 Å². The molecular weight excluding hydrogens is 206 g/mol. The van der Waals surface area contributed by atoms with E-state index in [1.54, 1.807) is 0 Å². The van der Waals surface area contributed by atoms with E-state index in [2.05, 4.69) is 16.6 Å². The Bertz CT molecular complexity index is 344. The van der Waals surface area contributed by atoms with Gasteiger partial charge in [-0.1, -0.05) is 26.7 Å². The van der Waals surface area contributed by atoms with Gasteiger partial charge in [-0.2, -0.15) is 0 Å². The van der Waals surface area contributed by atoms with Crippen LogP contribution in [0.15, 0.2) is 4.42 Å². The van der Waals surface area contributed by atoms with Crippen molar-refractivity contribution in [3.8, 4) is 0 Å². The Balaban J connectivity index is 2.86. The lowest BCUT2D eigenvalue weighted by Crippen LogP contribution is -2.03. The molecule has 1 rings (SSSR count). The quantitative estimate of drug-likeness (QED) is 0.698. The van der Waals surface area contributed by atoms with Gasteiger partial charge in [0.25, 0.3) is 0 Å². The monoisotopic (exact) mass is 225 g/mol. The van der Waals surface area contributed by atoms with Crippen molar-refractivity contribution in [2.75, 3.05) is 7.11 Å². The first-order chi connectivity index (χ1) is 7.72. The van der Waals surface area contributed by atoms with Gasteiger partial charge in [-0.3, -0.25) is 0 Å². The average molecular weight is 225 g/mol. The molecule has 0 unspecified atom stereocenters. The summed E-state index contributed by atoms with van der Waals surface area (Å²) in [5.41, 5.74) is 0.723. The fourth-order valence-electron chi connectivity index (χ4n) is 1.49. The predicted octanol–water partition coefficient (Wildman–Crippen LogP) is 2.76. The van der Waals surface area contributed by atoms with Crippen molar-refractivity contribution in [1.29, 1.82) is 0 Å². The lowest BCUT2D eigenvalue weighted by atomic mass is 10.2. The van der Waals surface area contributed by atoms with E-state index in [4.69, 9.17) is 4.42 Å². The van der Waals surface area contributed by atoms with Crippen LogP contribution in [0.4, 0.5) is 0 Å². The molecule has 1 aromatic heterocycles. The van der Waals surface area contributed by atoms with Gasteiger partial charge in [-0.15, -0.1) is 0 Å². The van der Waals surface area contributed by atoms with E-state index in [0.717, 1.165) is 37.8 Å². The van der Waals surface area contributed by atoms with Crippen molar-refractivity contribution in [2.24, 2.45) is 0 Å². The van der Waals surface area contributed by atoms with Gasteiger partial charge in [-0.05, 0) is 12.8 Å². The van der Waals surface area contributed by atoms with Gasteiger partial charge < -0.3 is 9.15 Å². The summed E-state index contributed by atoms with van der Waals surface area (Å²) in [6.07, 6.45) is 4.57. The number of hydrogen-bond acceptors (Lipinski definition) is 4. The second kappa shape index (κ2) is 6.30. The number of hydrogen-bond donors (Lipinski definition) is 0. The zero-order chi connectivity index (χ0) is 12.0. The predicted molar refractivity (Wildman–Crippen MR) is 60.4 cm³/mol. The number of carbonyl (C=O) groups excluding carboxylic acids is 1. The van der Waals surface area contributed by atoms with Crippen LogP contribution < -0.4 is 0 Å². The van der Waals surface area contributed by atoms with Gasteiger partial charge in [0.15, 0.2) is 5.89 Å². The minimum absolute atomic E-state index is 0.274. The van der Waals surface area contributed by atoms with Crippen LogP contribution in [0.5, 0.6) is 0 Å². The highest BCUT2D eigenvalue weighted by molar-refractivity contribution is 5.87. The van der Waals surface area contributed by atoms with Crippen LogP contribution >= 0.6 is 0 Å². The fraction of sp³-hybridized carbons (Fsp3) is 0.667. The van der Waals surface area contributed by atoms with Crippen molar-refractivity contribution < 1.29 is 13.9 Å². The first kappa shape index (κ1) is 12.7. The van der Waals surface area contributed by atoms with Crippen LogP contribution in [-0.2, 0) is 17.6 Å². The van der Waals surface area contributed by atoms with E-state index < -0.39 is 5.97 Å². The molecule has 0 spiro atoms. The van der Waals surface area contributed by atoms with E-state index in [1.165, 1.54) is 7.11 Å². The number of rotatable bonds is 6. The third kappa shape index (κ3) is 3.08. The molecule has 16 heavy (non-hydrogen) atoms. The minimum Gasteiger partial charge on any atom is -0.463 e. The smallest absolute Gasteiger partial charge is 0.375 e. The molecule has 0 aromatic carbocycles. The summed E-state index contributed by atoms with van der Waals surface area (Å²) in [4.78, 5) is 15.8. The maximum Gasteiger partial charge on any atom is 0.375 e.